The molecule has 2 aliphatic rings. The normalized spacial score (nSPS) is 33.7. The number of hydrogen-bond acceptors (Lipinski definition) is 3. The Hall–Kier alpha value is -0.810. The van der Waals surface area contributed by atoms with E-state index < -0.39 is 0 Å². The molecule has 1 aliphatic carbocycles. The van der Waals surface area contributed by atoms with Crippen LogP contribution in [0.2, 0.25) is 0 Å². The second kappa shape index (κ2) is 6.13. The Balaban J connectivity index is 2.00. The minimum absolute atomic E-state index is 0.0694. The predicted octanol–water partition coefficient (Wildman–Crippen LogP) is 1.61. The average molecular weight is 297 g/mol. The standard InChI is InChI=1S/C16H31N3O2/c1-6-17-14(19-9-7-12(20)8-10-19)18-13-11-16(4,21-5)15(13,2)3/h12-13,20H,6-11H2,1-5H3,(H,17,18). The maximum Gasteiger partial charge on any atom is 0.194 e. The van der Waals surface area contributed by atoms with Gasteiger partial charge in [-0.1, -0.05) is 13.8 Å². The van der Waals surface area contributed by atoms with Crippen LogP contribution in [0.4, 0.5) is 0 Å². The van der Waals surface area contributed by atoms with E-state index in [4.69, 9.17) is 4.74 Å². The van der Waals surface area contributed by atoms with Crippen LogP contribution in [-0.4, -0.2) is 60.5 Å². The van der Waals surface area contributed by atoms with Gasteiger partial charge in [0.15, 0.2) is 5.96 Å². The van der Waals surface area contributed by atoms with Crippen molar-refractivity contribution < 1.29 is 9.84 Å². The summed E-state index contributed by atoms with van der Waals surface area (Å²) in [5, 5.41) is 13.3. The van der Waals surface area contributed by atoms with Crippen LogP contribution in [0.3, 0.4) is 0 Å². The number of rotatable bonds is 3. The Bertz CT molecular complexity index is 389. The minimum atomic E-state index is -0.152. The first kappa shape index (κ1) is 16.6. The molecule has 2 rings (SSSR count). The van der Waals surface area contributed by atoms with Crippen LogP contribution in [0.5, 0.6) is 0 Å². The zero-order chi connectivity index (χ0) is 15.7. The molecule has 1 heterocycles. The summed E-state index contributed by atoms with van der Waals surface area (Å²) in [4.78, 5) is 6.92. The molecular weight excluding hydrogens is 266 g/mol. The molecular formula is C16H31N3O2. The molecule has 0 amide bonds. The fourth-order valence-electron chi connectivity index (χ4n) is 3.34. The van der Waals surface area contributed by atoms with Crippen LogP contribution in [0.15, 0.2) is 4.99 Å². The number of guanidine groups is 1. The van der Waals surface area contributed by atoms with Crippen molar-refractivity contribution in [3.8, 4) is 0 Å². The van der Waals surface area contributed by atoms with Gasteiger partial charge in [0.1, 0.15) is 0 Å². The minimum Gasteiger partial charge on any atom is -0.393 e. The zero-order valence-electron chi connectivity index (χ0n) is 14.1. The van der Waals surface area contributed by atoms with E-state index in [2.05, 4.69) is 42.9 Å². The highest BCUT2D eigenvalue weighted by Gasteiger charge is 2.58. The molecule has 0 bridgehead atoms. The largest absolute Gasteiger partial charge is 0.393 e. The van der Waals surface area contributed by atoms with Gasteiger partial charge in [0.05, 0.1) is 11.7 Å². The van der Waals surface area contributed by atoms with Crippen molar-refractivity contribution >= 4 is 5.96 Å². The lowest BCUT2D eigenvalue weighted by Gasteiger charge is -2.59. The second-order valence-electron chi connectivity index (χ2n) is 7.07. The molecule has 0 radical (unpaired) electrons. The SMILES string of the molecule is CCN=C(NC1CC(C)(OC)C1(C)C)N1CCC(O)CC1. The summed E-state index contributed by atoms with van der Waals surface area (Å²) in [6, 6.07) is 0.375. The van der Waals surface area contributed by atoms with Crippen LogP contribution < -0.4 is 5.32 Å². The molecule has 122 valence electrons. The molecule has 2 fully saturated rings. The summed E-state index contributed by atoms with van der Waals surface area (Å²) in [5.74, 6) is 0.987. The monoisotopic (exact) mass is 297 g/mol. The second-order valence-corrected chi connectivity index (χ2v) is 7.07. The molecule has 21 heavy (non-hydrogen) atoms. The van der Waals surface area contributed by atoms with E-state index in [1.54, 1.807) is 7.11 Å². The number of methoxy groups -OCH3 is 1. The molecule has 2 unspecified atom stereocenters. The van der Waals surface area contributed by atoms with E-state index in [9.17, 15) is 5.11 Å². The number of aliphatic imine (C=N–C) groups is 1. The third-order valence-electron chi connectivity index (χ3n) is 5.65. The molecule has 1 aliphatic heterocycles. The highest BCUT2D eigenvalue weighted by molar-refractivity contribution is 5.80. The third kappa shape index (κ3) is 3.04. The molecule has 5 nitrogen and oxygen atoms in total. The highest BCUT2D eigenvalue weighted by atomic mass is 16.5. The maximum absolute atomic E-state index is 9.66. The number of nitrogens with one attached hydrogen (secondary N) is 1. The summed E-state index contributed by atoms with van der Waals surface area (Å²) in [5.41, 5.74) is 0.00560. The van der Waals surface area contributed by atoms with E-state index in [-0.39, 0.29) is 17.1 Å². The van der Waals surface area contributed by atoms with Gasteiger partial charge >= 0.3 is 0 Å². The Morgan fingerprint density at radius 3 is 2.43 bits per heavy atom. The van der Waals surface area contributed by atoms with Crippen molar-refractivity contribution in [2.75, 3.05) is 26.7 Å². The molecule has 5 heteroatoms. The number of piperidine rings is 1. The van der Waals surface area contributed by atoms with E-state index in [0.29, 0.717) is 6.04 Å². The fraction of sp³-hybridized carbons (Fsp3) is 0.938. The Labute approximate surface area is 128 Å². The summed E-state index contributed by atoms with van der Waals surface area (Å²) in [6.45, 7) is 11.3. The van der Waals surface area contributed by atoms with Crippen molar-refractivity contribution in [2.24, 2.45) is 10.4 Å². The number of likely N-dealkylation sites (tertiary alicyclic amines) is 1. The van der Waals surface area contributed by atoms with Crippen LogP contribution >= 0.6 is 0 Å². The number of nitrogens with zero attached hydrogens (tertiary/aromatic N) is 2. The van der Waals surface area contributed by atoms with Crippen molar-refractivity contribution in [3.63, 3.8) is 0 Å². The summed E-state index contributed by atoms with van der Waals surface area (Å²) in [7, 11) is 1.80. The zero-order valence-corrected chi connectivity index (χ0v) is 14.1. The predicted molar refractivity (Wildman–Crippen MR) is 85.5 cm³/mol. The first-order valence-corrected chi connectivity index (χ1v) is 8.13. The number of ether oxygens (including phenoxy) is 1. The lowest BCUT2D eigenvalue weighted by Crippen LogP contribution is -2.69. The van der Waals surface area contributed by atoms with Gasteiger partial charge in [-0.3, -0.25) is 4.99 Å². The van der Waals surface area contributed by atoms with Gasteiger partial charge in [-0.25, -0.2) is 0 Å². The van der Waals surface area contributed by atoms with E-state index in [1.165, 1.54) is 0 Å². The van der Waals surface area contributed by atoms with Gasteiger partial charge < -0.3 is 20.1 Å². The number of hydrogen-bond donors (Lipinski definition) is 2. The fourth-order valence-corrected chi connectivity index (χ4v) is 3.34. The van der Waals surface area contributed by atoms with Crippen molar-refractivity contribution in [3.05, 3.63) is 0 Å². The van der Waals surface area contributed by atoms with E-state index >= 15 is 0 Å². The van der Waals surface area contributed by atoms with Crippen LogP contribution in [0.25, 0.3) is 0 Å². The average Bonchev–Trinajstić information content (AvgIpc) is 2.46. The molecule has 2 atom stereocenters. The van der Waals surface area contributed by atoms with Crippen molar-refractivity contribution in [1.82, 2.24) is 10.2 Å². The Morgan fingerprint density at radius 2 is 1.95 bits per heavy atom. The summed E-state index contributed by atoms with van der Waals surface area (Å²) in [6.07, 6.45) is 2.50. The molecule has 0 aromatic carbocycles. The molecule has 0 aromatic rings. The van der Waals surface area contributed by atoms with Gasteiger partial charge in [-0.15, -0.1) is 0 Å². The van der Waals surface area contributed by atoms with Crippen molar-refractivity contribution in [1.29, 1.82) is 0 Å². The Kier molecular flexibility index (Phi) is 4.83. The molecule has 1 saturated carbocycles. The number of aliphatic hydroxyl groups excluding tert-OH is 1. The first-order chi connectivity index (χ1) is 9.84. The summed E-state index contributed by atoms with van der Waals surface area (Å²) >= 11 is 0. The van der Waals surface area contributed by atoms with E-state index in [0.717, 1.165) is 44.9 Å². The van der Waals surface area contributed by atoms with Crippen LogP contribution in [0, 0.1) is 5.41 Å². The smallest absolute Gasteiger partial charge is 0.194 e. The van der Waals surface area contributed by atoms with Gasteiger partial charge in [0.2, 0.25) is 0 Å². The Morgan fingerprint density at radius 1 is 1.33 bits per heavy atom. The van der Waals surface area contributed by atoms with Gasteiger partial charge in [-0.2, -0.15) is 0 Å². The molecule has 0 aromatic heterocycles. The first-order valence-electron chi connectivity index (χ1n) is 8.13. The quantitative estimate of drug-likeness (QED) is 0.614. The molecule has 2 N–H and O–H groups in total. The van der Waals surface area contributed by atoms with Gasteiger partial charge in [0.25, 0.3) is 0 Å². The van der Waals surface area contributed by atoms with Crippen LogP contribution in [-0.2, 0) is 4.74 Å². The van der Waals surface area contributed by atoms with Crippen LogP contribution in [0.1, 0.15) is 47.0 Å². The van der Waals surface area contributed by atoms with Crippen molar-refractivity contribution in [2.45, 2.75) is 64.7 Å². The van der Waals surface area contributed by atoms with Gasteiger partial charge in [-0.05, 0) is 33.1 Å². The lowest BCUT2D eigenvalue weighted by atomic mass is 9.56. The lowest BCUT2D eigenvalue weighted by molar-refractivity contribution is -0.177. The molecule has 0 spiro atoms. The van der Waals surface area contributed by atoms with E-state index in [1.807, 2.05) is 0 Å². The number of aliphatic hydroxyl groups is 1. The third-order valence-corrected chi connectivity index (χ3v) is 5.65. The topological polar surface area (TPSA) is 57.1 Å². The molecule has 1 saturated heterocycles. The van der Waals surface area contributed by atoms with Gasteiger partial charge in [0, 0.05) is 38.2 Å². The summed E-state index contributed by atoms with van der Waals surface area (Å²) < 4.78 is 5.69. The highest BCUT2D eigenvalue weighted by Crippen LogP contribution is 2.51. The maximum atomic E-state index is 9.66.